The summed E-state index contributed by atoms with van der Waals surface area (Å²) in [7, 11) is 0. The van der Waals surface area contributed by atoms with Gasteiger partial charge in [0.25, 0.3) is 0 Å². The Bertz CT molecular complexity index is 683. The minimum atomic E-state index is 0.0630. The summed E-state index contributed by atoms with van der Waals surface area (Å²) in [6.07, 6.45) is 6.94. The van der Waals surface area contributed by atoms with Gasteiger partial charge in [-0.1, -0.05) is 6.08 Å². The van der Waals surface area contributed by atoms with Gasteiger partial charge >= 0.3 is 0 Å². The molecule has 0 amide bonds. The molecule has 2 rings (SSSR count). The third-order valence-electron chi connectivity index (χ3n) is 4.38. The van der Waals surface area contributed by atoms with Crippen molar-refractivity contribution in [2.75, 3.05) is 0 Å². The number of hydrogen-bond acceptors (Lipinski definition) is 2. The Kier molecular flexibility index (Phi) is 4.37. The Labute approximate surface area is 126 Å². The van der Waals surface area contributed by atoms with Gasteiger partial charge in [-0.05, 0) is 86.2 Å². The molecule has 2 nitrogen and oxygen atoms in total. The van der Waals surface area contributed by atoms with Crippen LogP contribution in [-0.2, 0) is 0 Å². The SMILES string of the molecule is Cc1c(C)c(C)c(C(=O)C=Cc2ccncc2)c(C)c1C. The van der Waals surface area contributed by atoms with Gasteiger partial charge in [0.05, 0.1) is 0 Å². The van der Waals surface area contributed by atoms with Crippen LogP contribution in [-0.4, -0.2) is 10.8 Å². The number of benzene rings is 1. The number of carbonyl (C=O) groups excluding carboxylic acids is 1. The van der Waals surface area contributed by atoms with Crippen LogP contribution < -0.4 is 0 Å². The fourth-order valence-electron chi connectivity index (χ4n) is 2.60. The van der Waals surface area contributed by atoms with Crippen LogP contribution in [0, 0.1) is 34.6 Å². The molecule has 0 saturated heterocycles. The first kappa shape index (κ1) is 15.2. The third kappa shape index (κ3) is 2.94. The standard InChI is InChI=1S/C19H21NO/c1-12-13(2)15(4)19(16(5)14(12)3)18(21)7-6-17-8-10-20-11-9-17/h6-11H,1-5H3. The zero-order chi connectivity index (χ0) is 15.6. The monoisotopic (exact) mass is 279 g/mol. The first-order valence-electron chi connectivity index (χ1n) is 7.13. The van der Waals surface area contributed by atoms with Crippen molar-refractivity contribution in [1.29, 1.82) is 0 Å². The van der Waals surface area contributed by atoms with Gasteiger partial charge in [0.15, 0.2) is 5.78 Å². The number of rotatable bonds is 3. The van der Waals surface area contributed by atoms with Crippen LogP contribution in [0.25, 0.3) is 6.08 Å². The molecule has 0 N–H and O–H groups in total. The summed E-state index contributed by atoms with van der Waals surface area (Å²) in [6, 6.07) is 3.77. The molecule has 1 aromatic carbocycles. The Morgan fingerprint density at radius 2 is 1.33 bits per heavy atom. The molecular formula is C19H21NO. The first-order valence-corrected chi connectivity index (χ1v) is 7.13. The Balaban J connectivity index is 2.43. The molecule has 2 aromatic rings. The lowest BCUT2D eigenvalue weighted by Gasteiger charge is -2.16. The molecule has 0 bridgehead atoms. The van der Waals surface area contributed by atoms with Crippen LogP contribution in [0.1, 0.15) is 43.7 Å². The number of pyridine rings is 1. The van der Waals surface area contributed by atoms with E-state index in [1.54, 1.807) is 18.5 Å². The third-order valence-corrected chi connectivity index (χ3v) is 4.38. The van der Waals surface area contributed by atoms with E-state index in [-0.39, 0.29) is 5.78 Å². The van der Waals surface area contributed by atoms with Gasteiger partial charge in [-0.3, -0.25) is 9.78 Å². The van der Waals surface area contributed by atoms with Crippen LogP contribution in [0.2, 0.25) is 0 Å². The molecule has 21 heavy (non-hydrogen) atoms. The summed E-state index contributed by atoms with van der Waals surface area (Å²) in [6.45, 7) is 10.3. The molecule has 2 heteroatoms. The Morgan fingerprint density at radius 3 is 1.86 bits per heavy atom. The van der Waals surface area contributed by atoms with Crippen molar-refractivity contribution in [1.82, 2.24) is 4.98 Å². The average Bonchev–Trinajstić information content (AvgIpc) is 2.50. The maximum atomic E-state index is 12.6. The van der Waals surface area contributed by atoms with E-state index in [0.29, 0.717) is 0 Å². The summed E-state index contributed by atoms with van der Waals surface area (Å²) >= 11 is 0. The van der Waals surface area contributed by atoms with Crippen molar-refractivity contribution >= 4 is 11.9 Å². The summed E-state index contributed by atoms with van der Waals surface area (Å²) in [4.78, 5) is 16.5. The lowest BCUT2D eigenvalue weighted by Crippen LogP contribution is -2.07. The number of nitrogens with zero attached hydrogens (tertiary/aromatic N) is 1. The molecule has 0 unspecified atom stereocenters. The minimum Gasteiger partial charge on any atom is -0.289 e. The van der Waals surface area contributed by atoms with Gasteiger partial charge in [-0.15, -0.1) is 0 Å². The van der Waals surface area contributed by atoms with Gasteiger partial charge < -0.3 is 0 Å². The zero-order valence-electron chi connectivity index (χ0n) is 13.3. The summed E-state index contributed by atoms with van der Waals surface area (Å²) in [5.41, 5.74) is 7.67. The first-order chi connectivity index (χ1) is 9.93. The highest BCUT2D eigenvalue weighted by Crippen LogP contribution is 2.26. The van der Waals surface area contributed by atoms with Gasteiger partial charge in [0.2, 0.25) is 0 Å². The maximum absolute atomic E-state index is 12.6. The lowest BCUT2D eigenvalue weighted by atomic mass is 9.87. The van der Waals surface area contributed by atoms with E-state index in [1.165, 1.54) is 16.7 Å². The van der Waals surface area contributed by atoms with Gasteiger partial charge in [0, 0.05) is 18.0 Å². The van der Waals surface area contributed by atoms with Crippen molar-refractivity contribution in [3.05, 3.63) is 69.5 Å². The van der Waals surface area contributed by atoms with E-state index < -0.39 is 0 Å². The molecular weight excluding hydrogens is 258 g/mol. The Hall–Kier alpha value is -2.22. The minimum absolute atomic E-state index is 0.0630. The average molecular weight is 279 g/mol. The number of ketones is 1. The van der Waals surface area contributed by atoms with Crippen LogP contribution in [0.4, 0.5) is 0 Å². The largest absolute Gasteiger partial charge is 0.289 e. The normalized spacial score (nSPS) is 11.1. The second-order valence-corrected chi connectivity index (χ2v) is 5.48. The van der Waals surface area contributed by atoms with Crippen molar-refractivity contribution in [3.63, 3.8) is 0 Å². The van der Waals surface area contributed by atoms with Crippen LogP contribution in [0.3, 0.4) is 0 Å². The highest BCUT2D eigenvalue weighted by Gasteiger charge is 2.16. The molecule has 108 valence electrons. The quantitative estimate of drug-likeness (QED) is 0.610. The van der Waals surface area contributed by atoms with E-state index in [2.05, 4.69) is 25.8 Å². The number of carbonyl (C=O) groups is 1. The highest BCUT2D eigenvalue weighted by atomic mass is 16.1. The van der Waals surface area contributed by atoms with E-state index in [0.717, 1.165) is 22.3 Å². The smallest absolute Gasteiger partial charge is 0.186 e. The second kappa shape index (κ2) is 6.04. The van der Waals surface area contributed by atoms with E-state index in [4.69, 9.17) is 0 Å². The van der Waals surface area contributed by atoms with Gasteiger partial charge in [-0.25, -0.2) is 0 Å². The van der Waals surface area contributed by atoms with Gasteiger partial charge in [-0.2, -0.15) is 0 Å². The summed E-state index contributed by atoms with van der Waals surface area (Å²) in [5, 5.41) is 0. The van der Waals surface area contributed by atoms with Crippen LogP contribution in [0.5, 0.6) is 0 Å². The molecule has 0 spiro atoms. The van der Waals surface area contributed by atoms with E-state index >= 15 is 0 Å². The van der Waals surface area contributed by atoms with Crippen LogP contribution >= 0.6 is 0 Å². The number of aromatic nitrogens is 1. The maximum Gasteiger partial charge on any atom is 0.186 e. The predicted molar refractivity (Wildman–Crippen MR) is 87.7 cm³/mol. The topological polar surface area (TPSA) is 30.0 Å². The highest BCUT2D eigenvalue weighted by molar-refractivity contribution is 6.09. The van der Waals surface area contributed by atoms with E-state index in [9.17, 15) is 4.79 Å². The lowest BCUT2D eigenvalue weighted by molar-refractivity contribution is 0.104. The molecule has 1 aromatic heterocycles. The van der Waals surface area contributed by atoms with Gasteiger partial charge in [0.1, 0.15) is 0 Å². The van der Waals surface area contributed by atoms with Crippen molar-refractivity contribution in [3.8, 4) is 0 Å². The fourth-order valence-corrected chi connectivity index (χ4v) is 2.60. The Morgan fingerprint density at radius 1 is 0.857 bits per heavy atom. The molecule has 0 aliphatic rings. The molecule has 0 radical (unpaired) electrons. The summed E-state index contributed by atoms with van der Waals surface area (Å²) < 4.78 is 0. The van der Waals surface area contributed by atoms with Crippen molar-refractivity contribution in [2.24, 2.45) is 0 Å². The fraction of sp³-hybridized carbons (Fsp3) is 0.263. The second-order valence-electron chi connectivity index (χ2n) is 5.48. The predicted octanol–water partition coefficient (Wildman–Crippen LogP) is 4.52. The zero-order valence-corrected chi connectivity index (χ0v) is 13.3. The number of allylic oxidation sites excluding steroid dienone is 1. The molecule has 0 aliphatic carbocycles. The number of hydrogen-bond donors (Lipinski definition) is 0. The molecule has 0 saturated carbocycles. The molecule has 0 atom stereocenters. The molecule has 0 fully saturated rings. The van der Waals surface area contributed by atoms with E-state index in [1.807, 2.05) is 32.1 Å². The van der Waals surface area contributed by atoms with Crippen molar-refractivity contribution < 1.29 is 4.79 Å². The van der Waals surface area contributed by atoms with Crippen LogP contribution in [0.15, 0.2) is 30.6 Å². The summed E-state index contributed by atoms with van der Waals surface area (Å²) in [5.74, 6) is 0.0630. The van der Waals surface area contributed by atoms with Crippen molar-refractivity contribution in [2.45, 2.75) is 34.6 Å². The molecule has 1 heterocycles. The molecule has 0 aliphatic heterocycles.